The van der Waals surface area contributed by atoms with Crippen molar-refractivity contribution in [2.24, 2.45) is 11.8 Å². The number of likely N-dealkylation sites (tertiary alicyclic amines) is 1. The van der Waals surface area contributed by atoms with Crippen molar-refractivity contribution in [1.29, 1.82) is 0 Å². The second-order valence-electron chi connectivity index (χ2n) is 4.72. The summed E-state index contributed by atoms with van der Waals surface area (Å²) in [5, 5.41) is 11.7. The first kappa shape index (κ1) is 14.8. The molecule has 6 nitrogen and oxygen atoms in total. The third-order valence-electron chi connectivity index (χ3n) is 3.35. The molecule has 0 bridgehead atoms. The molecule has 104 valence electrons. The summed E-state index contributed by atoms with van der Waals surface area (Å²) in [5.74, 6) is -1.09. The van der Waals surface area contributed by atoms with Crippen LogP contribution in [0.15, 0.2) is 0 Å². The minimum Gasteiger partial charge on any atom is -0.481 e. The number of carboxylic acids is 1. The normalized spacial score (nSPS) is 17.1. The van der Waals surface area contributed by atoms with Crippen molar-refractivity contribution in [2.75, 3.05) is 33.4 Å². The zero-order valence-corrected chi connectivity index (χ0v) is 11.0. The van der Waals surface area contributed by atoms with Crippen LogP contribution < -0.4 is 5.32 Å². The molecule has 6 heteroatoms. The van der Waals surface area contributed by atoms with Crippen LogP contribution in [0.1, 0.15) is 19.8 Å². The maximum atomic E-state index is 11.6. The molecule has 1 aliphatic rings. The zero-order valence-electron chi connectivity index (χ0n) is 11.0. The van der Waals surface area contributed by atoms with Gasteiger partial charge in [0, 0.05) is 39.3 Å². The Morgan fingerprint density at radius 1 is 1.44 bits per heavy atom. The Morgan fingerprint density at radius 2 is 2.11 bits per heavy atom. The van der Waals surface area contributed by atoms with Gasteiger partial charge in [0.05, 0.1) is 5.92 Å². The lowest BCUT2D eigenvalue weighted by Gasteiger charge is -2.41. The lowest BCUT2D eigenvalue weighted by atomic mass is 9.87. The van der Waals surface area contributed by atoms with Gasteiger partial charge in [0.25, 0.3) is 0 Å². The SMILES string of the molecule is COCCCCNC(=O)N1CC(C(C)C(=O)O)C1. The molecule has 2 amide bonds. The van der Waals surface area contributed by atoms with E-state index in [-0.39, 0.29) is 17.9 Å². The molecule has 1 heterocycles. The second kappa shape index (κ2) is 7.20. The largest absolute Gasteiger partial charge is 0.481 e. The molecule has 1 unspecified atom stereocenters. The molecule has 1 atom stereocenters. The van der Waals surface area contributed by atoms with Gasteiger partial charge in [-0.3, -0.25) is 4.79 Å². The maximum absolute atomic E-state index is 11.6. The van der Waals surface area contributed by atoms with Crippen molar-refractivity contribution < 1.29 is 19.4 Å². The van der Waals surface area contributed by atoms with Crippen LogP contribution in [-0.4, -0.2) is 55.4 Å². The number of methoxy groups -OCH3 is 1. The second-order valence-corrected chi connectivity index (χ2v) is 4.72. The number of aliphatic carboxylic acids is 1. The van der Waals surface area contributed by atoms with Gasteiger partial charge in [0.1, 0.15) is 0 Å². The predicted octanol–water partition coefficient (Wildman–Crippen LogP) is 0.775. The maximum Gasteiger partial charge on any atom is 0.317 e. The number of amides is 2. The smallest absolute Gasteiger partial charge is 0.317 e. The Hall–Kier alpha value is -1.30. The van der Waals surface area contributed by atoms with Gasteiger partial charge in [-0.2, -0.15) is 0 Å². The van der Waals surface area contributed by atoms with E-state index in [4.69, 9.17) is 9.84 Å². The van der Waals surface area contributed by atoms with Gasteiger partial charge in [-0.15, -0.1) is 0 Å². The minimum absolute atomic E-state index is 0.0849. The van der Waals surface area contributed by atoms with Crippen LogP contribution in [0.5, 0.6) is 0 Å². The van der Waals surface area contributed by atoms with E-state index in [1.54, 1.807) is 18.9 Å². The van der Waals surface area contributed by atoms with Crippen molar-refractivity contribution in [3.63, 3.8) is 0 Å². The number of carbonyl (C=O) groups excluding carboxylic acids is 1. The number of ether oxygens (including phenoxy) is 1. The number of unbranched alkanes of at least 4 members (excludes halogenated alkanes) is 1. The minimum atomic E-state index is -0.792. The lowest BCUT2D eigenvalue weighted by molar-refractivity contribution is -0.144. The average Bonchev–Trinajstić information content (AvgIpc) is 2.26. The summed E-state index contributed by atoms with van der Waals surface area (Å²) in [5.41, 5.74) is 0. The Kier molecular flexibility index (Phi) is 5.91. The predicted molar refractivity (Wildman–Crippen MR) is 66.4 cm³/mol. The summed E-state index contributed by atoms with van der Waals surface area (Å²) in [7, 11) is 1.66. The van der Waals surface area contributed by atoms with E-state index >= 15 is 0 Å². The third-order valence-corrected chi connectivity index (χ3v) is 3.35. The number of nitrogens with zero attached hydrogens (tertiary/aromatic N) is 1. The molecule has 1 aliphatic heterocycles. The van der Waals surface area contributed by atoms with Crippen molar-refractivity contribution in [2.45, 2.75) is 19.8 Å². The number of carboxylic acid groups (broad SMARTS) is 1. The quantitative estimate of drug-likeness (QED) is 0.661. The molecule has 0 aromatic carbocycles. The van der Waals surface area contributed by atoms with E-state index in [9.17, 15) is 9.59 Å². The van der Waals surface area contributed by atoms with Gasteiger partial charge in [-0.25, -0.2) is 4.79 Å². The molecule has 0 saturated carbocycles. The molecule has 0 aromatic heterocycles. The van der Waals surface area contributed by atoms with Crippen LogP contribution in [0, 0.1) is 11.8 Å². The zero-order chi connectivity index (χ0) is 13.5. The van der Waals surface area contributed by atoms with E-state index in [1.165, 1.54) is 0 Å². The lowest BCUT2D eigenvalue weighted by Crippen LogP contribution is -2.56. The van der Waals surface area contributed by atoms with Crippen LogP contribution >= 0.6 is 0 Å². The molecule has 0 aliphatic carbocycles. The number of nitrogens with one attached hydrogen (secondary N) is 1. The molecule has 18 heavy (non-hydrogen) atoms. The highest BCUT2D eigenvalue weighted by Crippen LogP contribution is 2.23. The number of hydrogen-bond donors (Lipinski definition) is 2. The molecule has 0 radical (unpaired) electrons. The summed E-state index contributed by atoms with van der Waals surface area (Å²) >= 11 is 0. The monoisotopic (exact) mass is 258 g/mol. The fraction of sp³-hybridized carbons (Fsp3) is 0.833. The van der Waals surface area contributed by atoms with Gasteiger partial charge in [0.15, 0.2) is 0 Å². The van der Waals surface area contributed by atoms with E-state index in [2.05, 4.69) is 5.32 Å². The fourth-order valence-electron chi connectivity index (χ4n) is 1.87. The fourth-order valence-corrected chi connectivity index (χ4v) is 1.87. The van der Waals surface area contributed by atoms with Gasteiger partial charge in [-0.1, -0.05) is 6.92 Å². The van der Waals surface area contributed by atoms with Crippen LogP contribution in [0.4, 0.5) is 4.79 Å². The van der Waals surface area contributed by atoms with Crippen LogP contribution in [-0.2, 0) is 9.53 Å². The van der Waals surface area contributed by atoms with Crippen LogP contribution in [0.2, 0.25) is 0 Å². The molecular weight excluding hydrogens is 236 g/mol. The molecule has 1 saturated heterocycles. The molecule has 2 N–H and O–H groups in total. The summed E-state index contributed by atoms with van der Waals surface area (Å²) in [6, 6.07) is -0.0961. The molecular formula is C12H22N2O4. The Labute approximate surface area is 107 Å². The van der Waals surface area contributed by atoms with Gasteiger partial charge < -0.3 is 20.1 Å². The van der Waals surface area contributed by atoms with E-state index in [0.29, 0.717) is 26.2 Å². The molecule has 0 spiro atoms. The summed E-state index contributed by atoms with van der Waals surface area (Å²) in [4.78, 5) is 24.0. The molecule has 0 aromatic rings. The standard InChI is InChI=1S/C12H22N2O4/c1-9(11(15)16)10-7-14(8-10)12(17)13-5-3-4-6-18-2/h9-10H,3-8H2,1-2H3,(H,13,17)(H,15,16). The van der Waals surface area contributed by atoms with Crippen molar-refractivity contribution in [3.8, 4) is 0 Å². The first-order valence-corrected chi connectivity index (χ1v) is 6.30. The first-order chi connectivity index (χ1) is 8.56. The number of carbonyl (C=O) groups is 2. The van der Waals surface area contributed by atoms with Crippen molar-refractivity contribution in [3.05, 3.63) is 0 Å². The van der Waals surface area contributed by atoms with Crippen molar-refractivity contribution >= 4 is 12.0 Å². The highest BCUT2D eigenvalue weighted by molar-refractivity contribution is 5.76. The van der Waals surface area contributed by atoms with E-state index in [1.807, 2.05) is 0 Å². The topological polar surface area (TPSA) is 78.9 Å². The van der Waals surface area contributed by atoms with E-state index < -0.39 is 5.97 Å². The third kappa shape index (κ3) is 4.18. The van der Waals surface area contributed by atoms with Crippen molar-refractivity contribution in [1.82, 2.24) is 10.2 Å². The summed E-state index contributed by atoms with van der Waals surface area (Å²) < 4.78 is 4.91. The molecule has 1 fully saturated rings. The van der Waals surface area contributed by atoms with Gasteiger partial charge in [0.2, 0.25) is 0 Å². The highest BCUT2D eigenvalue weighted by Gasteiger charge is 2.36. The Bertz CT molecular complexity index is 290. The Morgan fingerprint density at radius 3 is 2.67 bits per heavy atom. The first-order valence-electron chi connectivity index (χ1n) is 6.30. The average molecular weight is 258 g/mol. The number of urea groups is 1. The summed E-state index contributed by atoms with van der Waals surface area (Å²) in [6.45, 7) is 4.11. The molecule has 1 rings (SSSR count). The number of hydrogen-bond acceptors (Lipinski definition) is 3. The summed E-state index contributed by atoms with van der Waals surface area (Å²) in [6.07, 6.45) is 1.82. The Balaban J connectivity index is 2.10. The number of rotatable bonds is 7. The van der Waals surface area contributed by atoms with Crippen LogP contribution in [0.25, 0.3) is 0 Å². The highest BCUT2D eigenvalue weighted by atomic mass is 16.5. The van der Waals surface area contributed by atoms with Gasteiger partial charge >= 0.3 is 12.0 Å². The van der Waals surface area contributed by atoms with Crippen LogP contribution in [0.3, 0.4) is 0 Å². The van der Waals surface area contributed by atoms with E-state index in [0.717, 1.165) is 12.8 Å². The van der Waals surface area contributed by atoms with Gasteiger partial charge in [-0.05, 0) is 12.8 Å².